The van der Waals surface area contributed by atoms with E-state index in [4.69, 9.17) is 4.42 Å². The molecule has 4 heteroatoms. The summed E-state index contributed by atoms with van der Waals surface area (Å²) >= 11 is 0. The summed E-state index contributed by atoms with van der Waals surface area (Å²) in [5.74, 6) is -2.95. The van der Waals surface area contributed by atoms with Crippen LogP contribution in [0.25, 0.3) is 0 Å². The van der Waals surface area contributed by atoms with Crippen LogP contribution in [0.5, 0.6) is 0 Å². The molecule has 2 nitrogen and oxygen atoms in total. The van der Waals surface area contributed by atoms with E-state index in [1.54, 1.807) is 6.07 Å². The van der Waals surface area contributed by atoms with Crippen molar-refractivity contribution in [3.63, 3.8) is 0 Å². The van der Waals surface area contributed by atoms with Gasteiger partial charge in [0.2, 0.25) is 5.92 Å². The highest BCUT2D eigenvalue weighted by Crippen LogP contribution is 2.44. The zero-order valence-corrected chi connectivity index (χ0v) is 7.62. The molecule has 0 aliphatic heterocycles. The van der Waals surface area contributed by atoms with Crippen molar-refractivity contribution in [1.82, 2.24) is 0 Å². The van der Waals surface area contributed by atoms with Gasteiger partial charge in [0.25, 0.3) is 0 Å². The minimum Gasteiger partial charge on any atom is -0.472 e. The Bertz CT molecular complexity index is 295. The SMILES string of the molecule is OC(c1ccoc1)C1CCC(F)(F)C1. The van der Waals surface area contributed by atoms with Crippen molar-refractivity contribution in [2.24, 2.45) is 5.92 Å². The summed E-state index contributed by atoms with van der Waals surface area (Å²) in [6, 6.07) is 1.61. The molecular formula is C10H12F2O2. The van der Waals surface area contributed by atoms with E-state index < -0.39 is 12.0 Å². The maximum absolute atomic E-state index is 12.9. The van der Waals surface area contributed by atoms with Gasteiger partial charge in [-0.3, -0.25) is 0 Å². The van der Waals surface area contributed by atoms with Crippen LogP contribution in [0.1, 0.15) is 30.9 Å². The highest BCUT2D eigenvalue weighted by molar-refractivity contribution is 5.11. The monoisotopic (exact) mass is 202 g/mol. The lowest BCUT2D eigenvalue weighted by Gasteiger charge is -2.16. The van der Waals surface area contributed by atoms with Crippen molar-refractivity contribution in [2.45, 2.75) is 31.3 Å². The van der Waals surface area contributed by atoms with Crippen LogP contribution in [-0.2, 0) is 0 Å². The maximum Gasteiger partial charge on any atom is 0.248 e. The molecule has 0 radical (unpaired) electrons. The highest BCUT2D eigenvalue weighted by Gasteiger charge is 2.42. The Morgan fingerprint density at radius 1 is 1.57 bits per heavy atom. The van der Waals surface area contributed by atoms with Gasteiger partial charge >= 0.3 is 0 Å². The van der Waals surface area contributed by atoms with Crippen molar-refractivity contribution < 1.29 is 18.3 Å². The standard InChI is InChI=1S/C10H12F2O2/c11-10(12)3-1-7(5-10)9(13)8-2-4-14-6-8/h2,4,6-7,9,13H,1,3,5H2. The molecule has 78 valence electrons. The molecule has 2 atom stereocenters. The molecule has 14 heavy (non-hydrogen) atoms. The Balaban J connectivity index is 2.04. The number of aliphatic hydroxyl groups excluding tert-OH is 1. The zero-order valence-electron chi connectivity index (χ0n) is 7.62. The summed E-state index contributed by atoms with van der Waals surface area (Å²) in [5, 5.41) is 9.75. The Hall–Kier alpha value is -0.900. The number of rotatable bonds is 2. The van der Waals surface area contributed by atoms with E-state index in [0.717, 1.165) is 0 Å². The molecule has 0 spiro atoms. The lowest BCUT2D eigenvalue weighted by atomic mass is 9.96. The fourth-order valence-corrected chi connectivity index (χ4v) is 1.97. The minimum atomic E-state index is -2.60. The molecule has 1 aliphatic carbocycles. The normalized spacial score (nSPS) is 27.8. The van der Waals surface area contributed by atoms with Gasteiger partial charge in [0.05, 0.1) is 18.6 Å². The summed E-state index contributed by atoms with van der Waals surface area (Å²) in [4.78, 5) is 0. The Morgan fingerprint density at radius 3 is 2.86 bits per heavy atom. The molecule has 1 N–H and O–H groups in total. The second-order valence-corrected chi connectivity index (χ2v) is 3.86. The van der Waals surface area contributed by atoms with E-state index in [0.29, 0.717) is 12.0 Å². The van der Waals surface area contributed by atoms with Crippen LogP contribution in [0.15, 0.2) is 23.0 Å². The fraction of sp³-hybridized carbons (Fsp3) is 0.600. The van der Waals surface area contributed by atoms with Gasteiger partial charge in [-0.2, -0.15) is 0 Å². The molecule has 2 rings (SSSR count). The van der Waals surface area contributed by atoms with Gasteiger partial charge in [-0.25, -0.2) is 8.78 Å². The molecule has 1 fully saturated rings. The minimum absolute atomic E-state index is 0.118. The predicted molar refractivity (Wildman–Crippen MR) is 46.0 cm³/mol. The average molecular weight is 202 g/mol. The van der Waals surface area contributed by atoms with Crippen LogP contribution in [0.2, 0.25) is 0 Å². The van der Waals surface area contributed by atoms with Gasteiger partial charge in [0.1, 0.15) is 0 Å². The quantitative estimate of drug-likeness (QED) is 0.799. The molecule has 2 unspecified atom stereocenters. The number of hydrogen-bond acceptors (Lipinski definition) is 2. The summed E-state index contributed by atoms with van der Waals surface area (Å²) in [7, 11) is 0. The zero-order chi connectivity index (χ0) is 10.2. The lowest BCUT2D eigenvalue weighted by Crippen LogP contribution is -2.13. The molecule has 1 aromatic rings. The molecule has 1 saturated carbocycles. The molecular weight excluding hydrogens is 190 g/mol. The van der Waals surface area contributed by atoms with E-state index in [2.05, 4.69) is 0 Å². The van der Waals surface area contributed by atoms with Gasteiger partial charge in [-0.05, 0) is 18.4 Å². The number of furan rings is 1. The van der Waals surface area contributed by atoms with E-state index in [1.165, 1.54) is 12.5 Å². The molecule has 1 aliphatic rings. The smallest absolute Gasteiger partial charge is 0.248 e. The maximum atomic E-state index is 12.9. The molecule has 0 aromatic carbocycles. The van der Waals surface area contributed by atoms with Crippen LogP contribution in [0.3, 0.4) is 0 Å². The van der Waals surface area contributed by atoms with Crippen LogP contribution in [0, 0.1) is 5.92 Å². The highest BCUT2D eigenvalue weighted by atomic mass is 19.3. The van der Waals surface area contributed by atoms with Gasteiger partial charge in [-0.15, -0.1) is 0 Å². The van der Waals surface area contributed by atoms with E-state index >= 15 is 0 Å². The first-order chi connectivity index (χ1) is 6.58. The van der Waals surface area contributed by atoms with Crippen molar-refractivity contribution in [1.29, 1.82) is 0 Å². The van der Waals surface area contributed by atoms with Crippen LogP contribution >= 0.6 is 0 Å². The third kappa shape index (κ3) is 1.80. The second-order valence-electron chi connectivity index (χ2n) is 3.86. The summed E-state index contributed by atoms with van der Waals surface area (Å²) in [6.07, 6.45) is 2.06. The van der Waals surface area contributed by atoms with Crippen LogP contribution in [-0.4, -0.2) is 11.0 Å². The van der Waals surface area contributed by atoms with Crippen molar-refractivity contribution >= 4 is 0 Å². The van der Waals surface area contributed by atoms with Crippen molar-refractivity contribution in [2.75, 3.05) is 0 Å². The molecule has 0 amide bonds. The van der Waals surface area contributed by atoms with Gasteiger partial charge in [0, 0.05) is 18.4 Å². The number of alkyl halides is 2. The van der Waals surface area contributed by atoms with Crippen molar-refractivity contribution in [3.05, 3.63) is 24.2 Å². The predicted octanol–water partition coefficient (Wildman–Crippen LogP) is 2.75. The van der Waals surface area contributed by atoms with E-state index in [-0.39, 0.29) is 18.8 Å². The first kappa shape index (κ1) is 9.65. The largest absolute Gasteiger partial charge is 0.472 e. The third-order valence-electron chi connectivity index (χ3n) is 2.77. The van der Waals surface area contributed by atoms with E-state index in [9.17, 15) is 13.9 Å². The number of hydrogen-bond donors (Lipinski definition) is 1. The molecule has 0 bridgehead atoms. The second kappa shape index (κ2) is 3.35. The average Bonchev–Trinajstić information content (AvgIpc) is 2.72. The Kier molecular flexibility index (Phi) is 2.31. The summed E-state index contributed by atoms with van der Waals surface area (Å²) in [5.41, 5.74) is 0.590. The molecule has 1 heterocycles. The van der Waals surface area contributed by atoms with Gasteiger partial charge in [-0.1, -0.05) is 0 Å². The summed E-state index contributed by atoms with van der Waals surface area (Å²) in [6.45, 7) is 0. The van der Waals surface area contributed by atoms with E-state index in [1.807, 2.05) is 0 Å². The molecule has 1 aromatic heterocycles. The number of aliphatic hydroxyl groups is 1. The summed E-state index contributed by atoms with van der Waals surface area (Å²) < 4.78 is 30.5. The van der Waals surface area contributed by atoms with Crippen LogP contribution in [0.4, 0.5) is 8.78 Å². The molecule has 0 saturated heterocycles. The number of halogens is 2. The first-order valence-corrected chi connectivity index (χ1v) is 4.66. The van der Waals surface area contributed by atoms with Crippen molar-refractivity contribution in [3.8, 4) is 0 Å². The lowest BCUT2D eigenvalue weighted by molar-refractivity contribution is -0.00516. The first-order valence-electron chi connectivity index (χ1n) is 4.66. The van der Waals surface area contributed by atoms with Gasteiger partial charge in [0.15, 0.2) is 0 Å². The third-order valence-corrected chi connectivity index (χ3v) is 2.77. The van der Waals surface area contributed by atoms with Gasteiger partial charge < -0.3 is 9.52 Å². The topological polar surface area (TPSA) is 33.4 Å². The fourth-order valence-electron chi connectivity index (χ4n) is 1.97. The van der Waals surface area contributed by atoms with Crippen LogP contribution < -0.4 is 0 Å². The Morgan fingerprint density at radius 2 is 2.36 bits per heavy atom. The Labute approximate surface area is 80.5 Å².